The number of hydrogen-bond donors (Lipinski definition) is 2. The summed E-state index contributed by atoms with van der Waals surface area (Å²) in [6, 6.07) is 4.92. The number of nitrogens with zero attached hydrogens (tertiary/aromatic N) is 2. The lowest BCUT2D eigenvalue weighted by atomic mass is 10.2. The van der Waals surface area contributed by atoms with Crippen LogP contribution < -0.4 is 15.2 Å². The van der Waals surface area contributed by atoms with E-state index < -0.39 is 15.9 Å². The SMILES string of the molecule is Cc1ccc(Br)cc1S(=O)(=O)NNC(=O)c1sc(N2CCOCC2)nc1C. The van der Waals surface area contributed by atoms with E-state index in [1.807, 2.05) is 4.90 Å². The number of aryl methyl sites for hydroxylation is 2. The van der Waals surface area contributed by atoms with Gasteiger partial charge in [-0.25, -0.2) is 13.4 Å². The van der Waals surface area contributed by atoms with Gasteiger partial charge in [0, 0.05) is 17.6 Å². The average molecular weight is 475 g/mol. The number of carbonyl (C=O) groups is 1. The summed E-state index contributed by atoms with van der Waals surface area (Å²) in [4.78, 5) is 21.6. The fraction of sp³-hybridized carbons (Fsp3) is 0.375. The number of thiazole rings is 1. The standard InChI is InChI=1S/C16H19BrN4O4S2/c1-10-3-4-12(17)9-13(10)27(23,24)20-19-15(22)14-11(2)18-16(26-14)21-5-7-25-8-6-21/h3-4,9,20H,5-8H2,1-2H3,(H,19,22). The number of amides is 1. The van der Waals surface area contributed by atoms with Gasteiger partial charge in [-0.3, -0.25) is 10.2 Å². The lowest BCUT2D eigenvalue weighted by Gasteiger charge is -2.25. The van der Waals surface area contributed by atoms with Crippen LogP contribution >= 0.6 is 27.3 Å². The molecule has 0 bridgehead atoms. The van der Waals surface area contributed by atoms with Crippen molar-refractivity contribution in [3.05, 3.63) is 38.8 Å². The number of carbonyl (C=O) groups excluding carboxylic acids is 1. The molecule has 1 saturated heterocycles. The van der Waals surface area contributed by atoms with Crippen molar-refractivity contribution < 1.29 is 17.9 Å². The first-order chi connectivity index (χ1) is 12.8. The summed E-state index contributed by atoms with van der Waals surface area (Å²) in [6.45, 7) is 6.07. The molecule has 146 valence electrons. The minimum Gasteiger partial charge on any atom is -0.378 e. The Hall–Kier alpha value is -1.53. The summed E-state index contributed by atoms with van der Waals surface area (Å²) in [5.74, 6) is -0.541. The maximum atomic E-state index is 12.5. The highest BCUT2D eigenvalue weighted by Crippen LogP contribution is 2.26. The van der Waals surface area contributed by atoms with Crippen molar-refractivity contribution in [1.82, 2.24) is 15.2 Å². The molecular weight excluding hydrogens is 456 g/mol. The van der Waals surface area contributed by atoms with E-state index in [0.29, 0.717) is 46.9 Å². The van der Waals surface area contributed by atoms with E-state index in [-0.39, 0.29) is 4.90 Å². The minimum absolute atomic E-state index is 0.0900. The van der Waals surface area contributed by atoms with Crippen molar-refractivity contribution in [2.45, 2.75) is 18.7 Å². The van der Waals surface area contributed by atoms with Crippen LogP contribution in [0.5, 0.6) is 0 Å². The first-order valence-electron chi connectivity index (χ1n) is 8.16. The third-order valence-corrected chi connectivity index (χ3v) is 7.11. The zero-order valence-corrected chi connectivity index (χ0v) is 18.0. The fourth-order valence-electron chi connectivity index (χ4n) is 2.57. The van der Waals surface area contributed by atoms with E-state index in [0.717, 1.165) is 5.13 Å². The van der Waals surface area contributed by atoms with Gasteiger partial charge >= 0.3 is 0 Å². The molecule has 1 amide bonds. The van der Waals surface area contributed by atoms with Crippen LogP contribution in [-0.4, -0.2) is 45.6 Å². The van der Waals surface area contributed by atoms with Gasteiger partial charge in [-0.2, -0.15) is 0 Å². The molecule has 0 radical (unpaired) electrons. The molecule has 1 fully saturated rings. The van der Waals surface area contributed by atoms with E-state index in [1.165, 1.54) is 17.4 Å². The second-order valence-corrected chi connectivity index (χ2v) is 9.52. The van der Waals surface area contributed by atoms with Crippen LogP contribution in [0.15, 0.2) is 27.6 Å². The molecule has 11 heteroatoms. The minimum atomic E-state index is -3.90. The normalized spacial score (nSPS) is 15.0. The van der Waals surface area contributed by atoms with Crippen molar-refractivity contribution >= 4 is 48.3 Å². The Kier molecular flexibility index (Phi) is 6.16. The maximum absolute atomic E-state index is 12.5. The molecule has 1 aromatic heterocycles. The summed E-state index contributed by atoms with van der Waals surface area (Å²) in [6.07, 6.45) is 0. The number of nitrogens with one attached hydrogen (secondary N) is 2. The molecule has 1 aliphatic heterocycles. The van der Waals surface area contributed by atoms with Gasteiger partial charge in [-0.15, -0.1) is 4.83 Å². The predicted molar refractivity (Wildman–Crippen MR) is 107 cm³/mol. The molecular formula is C16H19BrN4O4S2. The molecule has 3 rings (SSSR count). The molecule has 0 saturated carbocycles. The van der Waals surface area contributed by atoms with Crippen LogP contribution in [0.3, 0.4) is 0 Å². The summed E-state index contributed by atoms with van der Waals surface area (Å²) in [5.41, 5.74) is 3.40. The van der Waals surface area contributed by atoms with Gasteiger partial charge in [-0.1, -0.05) is 33.3 Å². The first kappa shape index (κ1) is 20.2. The number of rotatable bonds is 5. The van der Waals surface area contributed by atoms with Crippen LogP contribution in [0.1, 0.15) is 20.9 Å². The number of ether oxygens (including phenoxy) is 1. The van der Waals surface area contributed by atoms with Crippen molar-refractivity contribution in [3.8, 4) is 0 Å². The Labute approximate surface area is 170 Å². The smallest absolute Gasteiger partial charge is 0.278 e. The number of benzene rings is 1. The molecule has 1 aliphatic rings. The van der Waals surface area contributed by atoms with E-state index in [4.69, 9.17) is 4.74 Å². The highest BCUT2D eigenvalue weighted by Gasteiger charge is 2.23. The summed E-state index contributed by atoms with van der Waals surface area (Å²) < 4.78 is 30.9. The van der Waals surface area contributed by atoms with Gasteiger partial charge in [0.2, 0.25) is 0 Å². The van der Waals surface area contributed by atoms with Crippen LogP contribution in [0.4, 0.5) is 5.13 Å². The van der Waals surface area contributed by atoms with Gasteiger partial charge in [-0.05, 0) is 31.5 Å². The van der Waals surface area contributed by atoms with Crippen molar-refractivity contribution in [2.24, 2.45) is 0 Å². The van der Waals surface area contributed by atoms with Gasteiger partial charge in [0.25, 0.3) is 15.9 Å². The second-order valence-electron chi connectivity index (χ2n) is 5.98. The van der Waals surface area contributed by atoms with Crippen molar-refractivity contribution in [3.63, 3.8) is 0 Å². The van der Waals surface area contributed by atoms with Gasteiger partial charge in [0.1, 0.15) is 4.88 Å². The molecule has 0 unspecified atom stereocenters. The monoisotopic (exact) mass is 474 g/mol. The Bertz CT molecular complexity index is 955. The number of anilines is 1. The first-order valence-corrected chi connectivity index (χ1v) is 11.3. The van der Waals surface area contributed by atoms with Gasteiger partial charge in [0.05, 0.1) is 23.8 Å². The highest BCUT2D eigenvalue weighted by molar-refractivity contribution is 9.10. The van der Waals surface area contributed by atoms with Crippen molar-refractivity contribution in [1.29, 1.82) is 0 Å². The Balaban J connectivity index is 1.72. The summed E-state index contributed by atoms with van der Waals surface area (Å²) in [7, 11) is -3.90. The lowest BCUT2D eigenvalue weighted by molar-refractivity contribution is 0.0948. The molecule has 0 atom stereocenters. The quantitative estimate of drug-likeness (QED) is 0.642. The number of aromatic nitrogens is 1. The van der Waals surface area contributed by atoms with Gasteiger partial charge in [0.15, 0.2) is 5.13 Å². The lowest BCUT2D eigenvalue weighted by Crippen LogP contribution is -2.41. The molecule has 2 N–H and O–H groups in total. The Morgan fingerprint density at radius 3 is 2.70 bits per heavy atom. The number of halogens is 1. The zero-order chi connectivity index (χ0) is 19.6. The highest BCUT2D eigenvalue weighted by atomic mass is 79.9. The zero-order valence-electron chi connectivity index (χ0n) is 14.8. The number of sulfonamides is 1. The van der Waals surface area contributed by atoms with Crippen LogP contribution in [0.25, 0.3) is 0 Å². The number of hydrogen-bond acceptors (Lipinski definition) is 7. The second kappa shape index (κ2) is 8.23. The molecule has 8 nitrogen and oxygen atoms in total. The topological polar surface area (TPSA) is 101 Å². The number of hydrazine groups is 1. The maximum Gasteiger partial charge on any atom is 0.278 e. The Morgan fingerprint density at radius 2 is 2.00 bits per heavy atom. The van der Waals surface area contributed by atoms with E-state index in [1.54, 1.807) is 26.0 Å². The average Bonchev–Trinajstić information content (AvgIpc) is 3.04. The third-order valence-electron chi connectivity index (χ3n) is 4.01. The molecule has 27 heavy (non-hydrogen) atoms. The van der Waals surface area contributed by atoms with Crippen LogP contribution in [0.2, 0.25) is 0 Å². The fourth-order valence-corrected chi connectivity index (χ4v) is 5.21. The molecule has 0 spiro atoms. The molecule has 0 aliphatic carbocycles. The van der Waals surface area contributed by atoms with Crippen LogP contribution in [0, 0.1) is 13.8 Å². The molecule has 1 aromatic carbocycles. The van der Waals surface area contributed by atoms with E-state index >= 15 is 0 Å². The number of morpholine rings is 1. The predicted octanol–water partition coefficient (Wildman–Crippen LogP) is 1.98. The third kappa shape index (κ3) is 4.66. The Morgan fingerprint density at radius 1 is 1.30 bits per heavy atom. The summed E-state index contributed by atoms with van der Waals surface area (Å²) >= 11 is 4.49. The van der Waals surface area contributed by atoms with Crippen molar-refractivity contribution in [2.75, 3.05) is 31.2 Å². The molecule has 2 heterocycles. The van der Waals surface area contributed by atoms with E-state index in [9.17, 15) is 13.2 Å². The van der Waals surface area contributed by atoms with E-state index in [2.05, 4.69) is 31.2 Å². The van der Waals surface area contributed by atoms with Crippen LogP contribution in [-0.2, 0) is 14.8 Å². The largest absolute Gasteiger partial charge is 0.378 e. The van der Waals surface area contributed by atoms with Gasteiger partial charge < -0.3 is 9.64 Å². The molecule has 2 aromatic rings. The summed E-state index contributed by atoms with van der Waals surface area (Å²) in [5, 5.41) is 0.728.